The van der Waals surface area contributed by atoms with Gasteiger partial charge in [-0.1, -0.05) is 18.2 Å². The zero-order chi connectivity index (χ0) is 11.3. The summed E-state index contributed by atoms with van der Waals surface area (Å²) in [6.07, 6.45) is 0.547. The van der Waals surface area contributed by atoms with Crippen LogP contribution in [0.5, 0.6) is 0 Å². The van der Waals surface area contributed by atoms with Crippen molar-refractivity contribution in [3.8, 4) is 0 Å². The fourth-order valence-corrected chi connectivity index (χ4v) is 1.49. The molecule has 0 saturated heterocycles. The minimum absolute atomic E-state index is 0.267. The largest absolute Gasteiger partial charge is 0.280 e. The molecule has 0 aliphatic rings. The zero-order valence-corrected chi connectivity index (χ0v) is 9.41. The smallest absolute Gasteiger partial charge is 0.260 e. The van der Waals surface area contributed by atoms with Gasteiger partial charge in [-0.25, -0.2) is 0 Å². The van der Waals surface area contributed by atoms with Gasteiger partial charge in [0.2, 0.25) is 6.41 Å². The number of hydrogen-bond acceptors (Lipinski definition) is 3. The fraction of sp³-hybridized carbons (Fsp3) is 0.273. The molecule has 1 rings (SSSR count). The van der Waals surface area contributed by atoms with Gasteiger partial charge in [0, 0.05) is 17.9 Å². The third-order valence-electron chi connectivity index (χ3n) is 2.10. The van der Waals surface area contributed by atoms with E-state index in [0.717, 1.165) is 10.5 Å². The van der Waals surface area contributed by atoms with Crippen LogP contribution in [0.3, 0.4) is 0 Å². The van der Waals surface area contributed by atoms with Crippen LogP contribution in [0.1, 0.15) is 15.9 Å². The number of benzene rings is 1. The first kappa shape index (κ1) is 11.8. The van der Waals surface area contributed by atoms with Crippen LogP contribution in [0, 0.1) is 6.92 Å². The van der Waals surface area contributed by atoms with Gasteiger partial charge in [0.25, 0.3) is 5.91 Å². The molecule has 0 fully saturated rings. The Morgan fingerprint density at radius 3 is 2.67 bits per heavy atom. The number of hydrogen-bond donors (Lipinski definition) is 1. The van der Waals surface area contributed by atoms with Gasteiger partial charge in [0.1, 0.15) is 0 Å². The first-order valence-electron chi connectivity index (χ1n) is 4.63. The average Bonchev–Trinajstić information content (AvgIpc) is 2.25. The Labute approximate surface area is 94.5 Å². The van der Waals surface area contributed by atoms with E-state index in [1.54, 1.807) is 12.1 Å². The van der Waals surface area contributed by atoms with E-state index in [-0.39, 0.29) is 5.91 Å². The molecule has 4 heteroatoms. The Hall–Kier alpha value is -1.29. The SMILES string of the molecule is Cc1ccccc1C(=O)N(C=O)CCS. The van der Waals surface area contributed by atoms with Crippen LogP contribution >= 0.6 is 12.6 Å². The molecule has 0 saturated carbocycles. The van der Waals surface area contributed by atoms with Crippen LogP contribution in [-0.2, 0) is 4.79 Å². The minimum atomic E-state index is -0.267. The van der Waals surface area contributed by atoms with Gasteiger partial charge in [-0.05, 0) is 18.6 Å². The lowest BCUT2D eigenvalue weighted by Gasteiger charge is -2.15. The van der Waals surface area contributed by atoms with E-state index < -0.39 is 0 Å². The zero-order valence-electron chi connectivity index (χ0n) is 8.51. The maximum atomic E-state index is 11.8. The van der Waals surface area contributed by atoms with Crippen molar-refractivity contribution in [2.75, 3.05) is 12.3 Å². The van der Waals surface area contributed by atoms with E-state index in [0.29, 0.717) is 24.3 Å². The maximum absolute atomic E-state index is 11.8. The molecule has 15 heavy (non-hydrogen) atoms. The molecule has 1 aromatic rings. The van der Waals surface area contributed by atoms with Crippen LogP contribution in [-0.4, -0.2) is 29.5 Å². The van der Waals surface area contributed by atoms with Crippen LogP contribution in [0.15, 0.2) is 24.3 Å². The second kappa shape index (κ2) is 5.56. The summed E-state index contributed by atoms with van der Waals surface area (Å²) < 4.78 is 0. The van der Waals surface area contributed by atoms with Crippen molar-refractivity contribution < 1.29 is 9.59 Å². The molecule has 0 heterocycles. The second-order valence-electron chi connectivity index (χ2n) is 3.14. The third-order valence-corrected chi connectivity index (χ3v) is 2.30. The molecule has 0 radical (unpaired) electrons. The van der Waals surface area contributed by atoms with Crippen LogP contribution < -0.4 is 0 Å². The van der Waals surface area contributed by atoms with Crippen LogP contribution in [0.4, 0.5) is 0 Å². The molecule has 0 spiro atoms. The predicted molar refractivity (Wildman–Crippen MR) is 62.1 cm³/mol. The number of rotatable bonds is 4. The Morgan fingerprint density at radius 2 is 2.13 bits per heavy atom. The Balaban J connectivity index is 2.92. The van der Waals surface area contributed by atoms with Crippen molar-refractivity contribution in [3.63, 3.8) is 0 Å². The summed E-state index contributed by atoms with van der Waals surface area (Å²) in [5.74, 6) is 0.202. The second-order valence-corrected chi connectivity index (χ2v) is 3.59. The standard InChI is InChI=1S/C11H13NO2S/c1-9-4-2-3-5-10(9)11(14)12(8-13)6-7-15/h2-5,8,15H,6-7H2,1H3. The molecule has 0 unspecified atom stereocenters. The Bertz CT molecular complexity index is 365. The Kier molecular flexibility index (Phi) is 4.37. The van der Waals surface area contributed by atoms with E-state index in [4.69, 9.17) is 0 Å². The molecule has 0 aliphatic heterocycles. The molecule has 0 aliphatic carbocycles. The van der Waals surface area contributed by atoms with Crippen molar-refractivity contribution in [2.24, 2.45) is 0 Å². The molecule has 3 nitrogen and oxygen atoms in total. The van der Waals surface area contributed by atoms with Crippen molar-refractivity contribution in [2.45, 2.75) is 6.92 Å². The molecule has 0 N–H and O–H groups in total. The lowest BCUT2D eigenvalue weighted by molar-refractivity contribution is -0.115. The van der Waals surface area contributed by atoms with E-state index in [9.17, 15) is 9.59 Å². The number of amides is 2. The number of aryl methyl sites for hydroxylation is 1. The number of nitrogens with zero attached hydrogens (tertiary/aromatic N) is 1. The number of imide groups is 1. The van der Waals surface area contributed by atoms with E-state index in [2.05, 4.69) is 12.6 Å². The molecular weight excluding hydrogens is 210 g/mol. The van der Waals surface area contributed by atoms with E-state index in [1.165, 1.54) is 0 Å². The molecule has 1 aromatic carbocycles. The van der Waals surface area contributed by atoms with Crippen molar-refractivity contribution in [3.05, 3.63) is 35.4 Å². The van der Waals surface area contributed by atoms with Gasteiger partial charge >= 0.3 is 0 Å². The van der Waals surface area contributed by atoms with Gasteiger partial charge in [-0.2, -0.15) is 12.6 Å². The monoisotopic (exact) mass is 223 g/mol. The number of carbonyl (C=O) groups excluding carboxylic acids is 2. The van der Waals surface area contributed by atoms with Crippen molar-refractivity contribution in [1.29, 1.82) is 0 Å². The molecular formula is C11H13NO2S. The minimum Gasteiger partial charge on any atom is -0.280 e. The average molecular weight is 223 g/mol. The molecule has 2 amide bonds. The Morgan fingerprint density at radius 1 is 1.47 bits per heavy atom. The maximum Gasteiger partial charge on any atom is 0.260 e. The first-order valence-corrected chi connectivity index (χ1v) is 5.26. The summed E-state index contributed by atoms with van der Waals surface area (Å²) in [5, 5.41) is 0. The summed E-state index contributed by atoms with van der Waals surface area (Å²) in [6, 6.07) is 7.20. The lowest BCUT2D eigenvalue weighted by Crippen LogP contribution is -2.31. The molecule has 0 aromatic heterocycles. The van der Waals surface area contributed by atoms with Gasteiger partial charge in [0.15, 0.2) is 0 Å². The number of thiol groups is 1. The molecule has 0 atom stereocenters. The van der Waals surface area contributed by atoms with Crippen LogP contribution in [0.25, 0.3) is 0 Å². The topological polar surface area (TPSA) is 37.4 Å². The highest BCUT2D eigenvalue weighted by Crippen LogP contribution is 2.09. The van der Waals surface area contributed by atoms with Gasteiger partial charge in [-0.15, -0.1) is 0 Å². The van der Waals surface area contributed by atoms with Crippen molar-refractivity contribution in [1.82, 2.24) is 4.90 Å². The summed E-state index contributed by atoms with van der Waals surface area (Å²) in [4.78, 5) is 23.7. The predicted octanol–water partition coefficient (Wildman–Crippen LogP) is 1.52. The van der Waals surface area contributed by atoms with Crippen molar-refractivity contribution >= 4 is 24.9 Å². The van der Waals surface area contributed by atoms with Crippen LogP contribution in [0.2, 0.25) is 0 Å². The summed E-state index contributed by atoms with van der Waals surface area (Å²) in [7, 11) is 0. The van der Waals surface area contributed by atoms with Gasteiger partial charge in [-0.3, -0.25) is 14.5 Å². The highest BCUT2D eigenvalue weighted by Gasteiger charge is 2.15. The number of carbonyl (C=O) groups is 2. The van der Waals surface area contributed by atoms with E-state index in [1.807, 2.05) is 19.1 Å². The molecule has 0 bridgehead atoms. The quantitative estimate of drug-likeness (QED) is 0.621. The van der Waals surface area contributed by atoms with Gasteiger partial charge in [0.05, 0.1) is 0 Å². The lowest BCUT2D eigenvalue weighted by atomic mass is 10.1. The summed E-state index contributed by atoms with van der Waals surface area (Å²) in [6.45, 7) is 2.18. The summed E-state index contributed by atoms with van der Waals surface area (Å²) >= 11 is 3.99. The fourth-order valence-electron chi connectivity index (χ4n) is 1.28. The highest BCUT2D eigenvalue weighted by molar-refractivity contribution is 7.80. The summed E-state index contributed by atoms with van der Waals surface area (Å²) in [5.41, 5.74) is 1.43. The molecule has 80 valence electrons. The van der Waals surface area contributed by atoms with Gasteiger partial charge < -0.3 is 0 Å². The van der Waals surface area contributed by atoms with E-state index >= 15 is 0 Å². The third kappa shape index (κ3) is 2.83. The normalized spacial score (nSPS) is 9.73. The highest BCUT2D eigenvalue weighted by atomic mass is 32.1. The first-order chi connectivity index (χ1) is 7.20.